The van der Waals surface area contributed by atoms with Crippen LogP contribution in [-0.4, -0.2) is 39.8 Å². The number of likely N-dealkylation sites (tertiary alicyclic amines) is 1. The van der Waals surface area contributed by atoms with Gasteiger partial charge in [0, 0.05) is 12.7 Å². The molecule has 2 heterocycles. The second kappa shape index (κ2) is 7.70. The predicted molar refractivity (Wildman–Crippen MR) is 105 cm³/mol. The molecule has 5 heteroatoms. The summed E-state index contributed by atoms with van der Waals surface area (Å²) in [6.45, 7) is 3.01. The van der Waals surface area contributed by atoms with Crippen LogP contribution >= 0.6 is 0 Å². The van der Waals surface area contributed by atoms with Gasteiger partial charge in [-0.1, -0.05) is 30.3 Å². The van der Waals surface area contributed by atoms with Crippen LogP contribution in [0.15, 0.2) is 60.9 Å². The van der Waals surface area contributed by atoms with E-state index >= 15 is 0 Å². The summed E-state index contributed by atoms with van der Waals surface area (Å²) in [7, 11) is 1.98. The topological polar surface area (TPSA) is 46.0 Å². The zero-order valence-electron chi connectivity index (χ0n) is 15.2. The van der Waals surface area contributed by atoms with E-state index in [0.717, 1.165) is 31.1 Å². The second-order valence-electron chi connectivity index (χ2n) is 6.87. The standard InChI is InChI=1S/C21H25N5/c1-22-19-7-5-6-18(14-19)17-10-12-25(13-11-17)15-21-23-16-26(24-21)20-8-3-2-4-9-20/h2-9,14,16-17,22H,10-13,15H2,1H3. The highest BCUT2D eigenvalue weighted by atomic mass is 15.3. The van der Waals surface area contributed by atoms with Crippen LogP contribution in [0.4, 0.5) is 5.69 Å². The molecule has 1 saturated heterocycles. The quantitative estimate of drug-likeness (QED) is 0.765. The summed E-state index contributed by atoms with van der Waals surface area (Å²) in [4.78, 5) is 6.95. The Labute approximate surface area is 154 Å². The predicted octanol–water partition coefficient (Wildman–Crippen LogP) is 3.69. The van der Waals surface area contributed by atoms with Crippen molar-refractivity contribution in [1.29, 1.82) is 0 Å². The van der Waals surface area contributed by atoms with E-state index < -0.39 is 0 Å². The maximum absolute atomic E-state index is 4.63. The molecule has 0 radical (unpaired) electrons. The summed E-state index contributed by atoms with van der Waals surface area (Å²) >= 11 is 0. The van der Waals surface area contributed by atoms with Crippen molar-refractivity contribution < 1.29 is 0 Å². The molecule has 0 aliphatic carbocycles. The summed E-state index contributed by atoms with van der Waals surface area (Å²) in [5, 5.41) is 7.86. The first-order chi connectivity index (χ1) is 12.8. The van der Waals surface area contributed by atoms with Gasteiger partial charge in [0.2, 0.25) is 0 Å². The van der Waals surface area contributed by atoms with E-state index in [-0.39, 0.29) is 0 Å². The van der Waals surface area contributed by atoms with Crippen LogP contribution in [0, 0.1) is 0 Å². The number of benzene rings is 2. The van der Waals surface area contributed by atoms with Gasteiger partial charge in [-0.3, -0.25) is 4.90 Å². The van der Waals surface area contributed by atoms with Crippen molar-refractivity contribution >= 4 is 5.69 Å². The summed E-state index contributed by atoms with van der Waals surface area (Å²) in [5.41, 5.74) is 3.69. The molecular weight excluding hydrogens is 322 g/mol. The number of nitrogens with zero attached hydrogens (tertiary/aromatic N) is 4. The number of anilines is 1. The minimum absolute atomic E-state index is 0.648. The molecule has 0 atom stereocenters. The summed E-state index contributed by atoms with van der Waals surface area (Å²) in [5.74, 6) is 1.54. The van der Waals surface area contributed by atoms with Crippen LogP contribution in [0.3, 0.4) is 0 Å². The first-order valence-electron chi connectivity index (χ1n) is 9.28. The van der Waals surface area contributed by atoms with Gasteiger partial charge >= 0.3 is 0 Å². The Hall–Kier alpha value is -2.66. The fourth-order valence-electron chi connectivity index (χ4n) is 3.65. The van der Waals surface area contributed by atoms with Crippen molar-refractivity contribution in [3.05, 3.63) is 72.3 Å². The van der Waals surface area contributed by atoms with Gasteiger partial charge in [-0.2, -0.15) is 0 Å². The Balaban J connectivity index is 1.35. The maximum atomic E-state index is 4.63. The second-order valence-corrected chi connectivity index (χ2v) is 6.87. The Bertz CT molecular complexity index is 834. The summed E-state index contributed by atoms with van der Waals surface area (Å²) < 4.78 is 1.85. The van der Waals surface area contributed by atoms with Crippen LogP contribution in [0.2, 0.25) is 0 Å². The molecule has 2 aromatic carbocycles. The highest BCUT2D eigenvalue weighted by molar-refractivity contribution is 5.46. The molecule has 1 aromatic heterocycles. The Kier molecular flexibility index (Phi) is 4.97. The third-order valence-corrected chi connectivity index (χ3v) is 5.16. The van der Waals surface area contributed by atoms with Gasteiger partial charge in [0.15, 0.2) is 5.82 Å². The maximum Gasteiger partial charge on any atom is 0.164 e. The van der Waals surface area contributed by atoms with E-state index in [1.165, 1.54) is 24.1 Å². The average Bonchev–Trinajstić information content (AvgIpc) is 3.18. The molecule has 4 rings (SSSR count). The lowest BCUT2D eigenvalue weighted by molar-refractivity contribution is 0.200. The van der Waals surface area contributed by atoms with Gasteiger partial charge in [-0.25, -0.2) is 9.67 Å². The van der Waals surface area contributed by atoms with E-state index in [4.69, 9.17) is 0 Å². The highest BCUT2D eigenvalue weighted by Gasteiger charge is 2.21. The van der Waals surface area contributed by atoms with Crippen LogP contribution in [0.1, 0.15) is 30.1 Å². The van der Waals surface area contributed by atoms with E-state index in [0.29, 0.717) is 5.92 Å². The van der Waals surface area contributed by atoms with Gasteiger partial charge in [0.1, 0.15) is 6.33 Å². The van der Waals surface area contributed by atoms with E-state index in [2.05, 4.69) is 44.6 Å². The van der Waals surface area contributed by atoms with Crippen molar-refractivity contribution in [3.8, 4) is 5.69 Å². The highest BCUT2D eigenvalue weighted by Crippen LogP contribution is 2.29. The SMILES string of the molecule is CNc1cccc(C2CCN(Cc3ncn(-c4ccccc4)n3)CC2)c1. The van der Waals surface area contributed by atoms with Gasteiger partial charge in [0.05, 0.1) is 12.2 Å². The molecule has 0 amide bonds. The molecule has 1 aliphatic heterocycles. The first-order valence-corrected chi connectivity index (χ1v) is 9.28. The zero-order chi connectivity index (χ0) is 17.8. The lowest BCUT2D eigenvalue weighted by Gasteiger charge is -2.31. The molecule has 0 saturated carbocycles. The molecule has 134 valence electrons. The Morgan fingerprint density at radius 3 is 2.62 bits per heavy atom. The van der Waals surface area contributed by atoms with Crippen molar-refractivity contribution in [3.63, 3.8) is 0 Å². The number of nitrogens with one attached hydrogen (secondary N) is 1. The van der Waals surface area contributed by atoms with Crippen molar-refractivity contribution in [2.45, 2.75) is 25.3 Å². The molecule has 5 nitrogen and oxygen atoms in total. The number of hydrogen-bond acceptors (Lipinski definition) is 4. The van der Waals surface area contributed by atoms with Crippen molar-refractivity contribution in [2.24, 2.45) is 0 Å². The third-order valence-electron chi connectivity index (χ3n) is 5.16. The minimum atomic E-state index is 0.648. The molecule has 0 unspecified atom stereocenters. The van der Waals surface area contributed by atoms with Crippen molar-refractivity contribution in [2.75, 3.05) is 25.5 Å². The average molecular weight is 347 g/mol. The first kappa shape index (κ1) is 16.8. The lowest BCUT2D eigenvalue weighted by atomic mass is 9.89. The normalized spacial score (nSPS) is 15.9. The Morgan fingerprint density at radius 2 is 1.85 bits per heavy atom. The molecule has 0 spiro atoms. The lowest BCUT2D eigenvalue weighted by Crippen LogP contribution is -2.32. The summed E-state index contributed by atoms with van der Waals surface area (Å²) in [6.07, 6.45) is 4.18. The van der Waals surface area contributed by atoms with E-state index in [1.807, 2.05) is 42.1 Å². The smallest absolute Gasteiger partial charge is 0.164 e. The number of hydrogen-bond donors (Lipinski definition) is 1. The largest absolute Gasteiger partial charge is 0.388 e. The minimum Gasteiger partial charge on any atom is -0.388 e. The van der Waals surface area contributed by atoms with E-state index in [1.54, 1.807) is 6.33 Å². The molecule has 3 aromatic rings. The zero-order valence-corrected chi connectivity index (χ0v) is 15.2. The fourth-order valence-corrected chi connectivity index (χ4v) is 3.65. The molecule has 0 bridgehead atoms. The Morgan fingerprint density at radius 1 is 1.04 bits per heavy atom. The van der Waals surface area contributed by atoms with Crippen LogP contribution < -0.4 is 5.32 Å². The van der Waals surface area contributed by atoms with Gasteiger partial charge in [0.25, 0.3) is 0 Å². The monoisotopic (exact) mass is 347 g/mol. The number of para-hydroxylation sites is 1. The molecular formula is C21H25N5. The van der Waals surface area contributed by atoms with Gasteiger partial charge in [-0.05, 0) is 61.7 Å². The molecule has 1 fully saturated rings. The third kappa shape index (κ3) is 3.78. The van der Waals surface area contributed by atoms with Crippen LogP contribution in [0.25, 0.3) is 5.69 Å². The van der Waals surface area contributed by atoms with Crippen LogP contribution in [-0.2, 0) is 6.54 Å². The molecule has 26 heavy (non-hydrogen) atoms. The van der Waals surface area contributed by atoms with Crippen molar-refractivity contribution in [1.82, 2.24) is 19.7 Å². The molecule has 1 N–H and O–H groups in total. The van der Waals surface area contributed by atoms with Gasteiger partial charge in [-0.15, -0.1) is 5.10 Å². The number of piperidine rings is 1. The van der Waals surface area contributed by atoms with E-state index in [9.17, 15) is 0 Å². The van der Waals surface area contributed by atoms with Crippen LogP contribution in [0.5, 0.6) is 0 Å². The fraction of sp³-hybridized carbons (Fsp3) is 0.333. The number of rotatable bonds is 5. The number of aromatic nitrogens is 3. The van der Waals surface area contributed by atoms with Gasteiger partial charge < -0.3 is 5.32 Å². The summed E-state index contributed by atoms with van der Waals surface area (Å²) in [6, 6.07) is 18.9. The molecule has 1 aliphatic rings.